The van der Waals surface area contributed by atoms with Crippen molar-refractivity contribution in [3.8, 4) is 5.75 Å². The lowest BCUT2D eigenvalue weighted by Gasteiger charge is -2.30. The van der Waals surface area contributed by atoms with Gasteiger partial charge in [-0.15, -0.1) is 0 Å². The lowest BCUT2D eigenvalue weighted by atomic mass is 9.94. The van der Waals surface area contributed by atoms with Crippen LogP contribution in [0.4, 0.5) is 0 Å². The molecule has 1 aromatic carbocycles. The largest absolute Gasteiger partial charge is 0.497 e. The first-order valence-corrected chi connectivity index (χ1v) is 12.1. The summed E-state index contributed by atoms with van der Waals surface area (Å²) in [6.45, 7) is 3.39. The summed E-state index contributed by atoms with van der Waals surface area (Å²) < 4.78 is 5.12. The van der Waals surface area contributed by atoms with E-state index in [4.69, 9.17) is 4.74 Å². The summed E-state index contributed by atoms with van der Waals surface area (Å²) in [6.07, 6.45) is 2.85. The lowest BCUT2D eigenvalue weighted by molar-refractivity contribution is -0.132. The number of fused-ring (bicyclic) bond motifs is 1. The minimum Gasteiger partial charge on any atom is -0.497 e. The Hall–Kier alpha value is -3.52. The number of carbonyl (C=O) groups is 3. The first-order chi connectivity index (χ1) is 16.5. The number of ketones is 1. The maximum atomic E-state index is 12.8. The fraction of sp³-hybridized carbons (Fsp3) is 0.308. The third-order valence-electron chi connectivity index (χ3n) is 6.14. The summed E-state index contributed by atoms with van der Waals surface area (Å²) in [7, 11) is 1.58. The third kappa shape index (κ3) is 5.34. The second-order valence-corrected chi connectivity index (χ2v) is 9.02. The Morgan fingerprint density at radius 1 is 1.12 bits per heavy atom. The van der Waals surface area contributed by atoms with Crippen LogP contribution in [0.5, 0.6) is 5.75 Å². The van der Waals surface area contributed by atoms with Crippen LogP contribution in [0, 0.1) is 6.92 Å². The van der Waals surface area contributed by atoms with Crippen LogP contribution < -0.4 is 10.1 Å². The molecule has 34 heavy (non-hydrogen) atoms. The average Bonchev–Trinajstić information content (AvgIpc) is 3.41. The van der Waals surface area contributed by atoms with Gasteiger partial charge >= 0.3 is 0 Å². The molecule has 1 aliphatic heterocycles. The number of thiophene rings is 1. The molecule has 0 fully saturated rings. The Morgan fingerprint density at radius 3 is 2.62 bits per heavy atom. The molecule has 7 nitrogen and oxygen atoms in total. The number of rotatable bonds is 8. The average molecular weight is 478 g/mol. The number of ether oxygens (including phenoxy) is 1. The number of methoxy groups -OCH3 is 1. The van der Waals surface area contributed by atoms with Crippen molar-refractivity contribution >= 4 is 28.9 Å². The van der Waals surface area contributed by atoms with Gasteiger partial charge in [-0.3, -0.25) is 19.4 Å². The van der Waals surface area contributed by atoms with Crippen molar-refractivity contribution in [1.29, 1.82) is 0 Å². The van der Waals surface area contributed by atoms with Crippen LogP contribution in [-0.4, -0.2) is 41.1 Å². The van der Waals surface area contributed by atoms with E-state index in [0.29, 0.717) is 42.9 Å². The topological polar surface area (TPSA) is 88.6 Å². The molecule has 2 aromatic heterocycles. The molecule has 0 aliphatic carbocycles. The van der Waals surface area contributed by atoms with Crippen LogP contribution >= 0.6 is 11.3 Å². The number of pyridine rings is 1. The summed E-state index contributed by atoms with van der Waals surface area (Å²) in [6, 6.07) is 8.72. The molecule has 0 bridgehead atoms. The molecule has 0 saturated carbocycles. The Labute approximate surface area is 202 Å². The van der Waals surface area contributed by atoms with E-state index in [-0.39, 0.29) is 30.4 Å². The molecule has 0 spiro atoms. The SMILES string of the molecule is COc1ccc(C(=O)CCC(=O)N2CCc3c(cnc(C)c3CNC(=O)c3ccsc3)C2)cc1. The van der Waals surface area contributed by atoms with Crippen LogP contribution in [0.1, 0.15) is 55.9 Å². The fourth-order valence-corrected chi connectivity index (χ4v) is 4.77. The second-order valence-electron chi connectivity index (χ2n) is 8.24. The number of hydrogen-bond acceptors (Lipinski definition) is 6. The smallest absolute Gasteiger partial charge is 0.252 e. The van der Waals surface area contributed by atoms with E-state index in [2.05, 4.69) is 10.3 Å². The van der Waals surface area contributed by atoms with Crippen molar-refractivity contribution < 1.29 is 19.1 Å². The normalized spacial score (nSPS) is 12.7. The zero-order chi connectivity index (χ0) is 24.1. The van der Waals surface area contributed by atoms with E-state index in [1.165, 1.54) is 11.3 Å². The number of Topliss-reactive ketones (excluding diaryl/α,β-unsaturated/α-hetero) is 1. The van der Waals surface area contributed by atoms with E-state index in [1.807, 2.05) is 23.9 Å². The molecule has 0 unspecified atom stereocenters. The Balaban J connectivity index is 1.36. The van der Waals surface area contributed by atoms with Crippen molar-refractivity contribution in [3.63, 3.8) is 0 Å². The maximum absolute atomic E-state index is 12.8. The Morgan fingerprint density at radius 2 is 1.91 bits per heavy atom. The molecule has 1 aliphatic rings. The molecular weight excluding hydrogens is 450 g/mol. The van der Waals surface area contributed by atoms with Gasteiger partial charge in [0.15, 0.2) is 5.78 Å². The Bertz CT molecular complexity index is 1190. The molecule has 4 rings (SSSR count). The van der Waals surface area contributed by atoms with Crippen LogP contribution in [0.2, 0.25) is 0 Å². The molecule has 0 atom stereocenters. The second kappa shape index (κ2) is 10.6. The molecule has 2 amide bonds. The highest BCUT2D eigenvalue weighted by molar-refractivity contribution is 7.08. The summed E-state index contributed by atoms with van der Waals surface area (Å²) in [4.78, 5) is 43.9. The minimum absolute atomic E-state index is 0.0413. The van der Waals surface area contributed by atoms with Gasteiger partial charge in [-0.05, 0) is 65.7 Å². The highest BCUT2D eigenvalue weighted by atomic mass is 32.1. The van der Waals surface area contributed by atoms with E-state index >= 15 is 0 Å². The van der Waals surface area contributed by atoms with Crippen molar-refractivity contribution in [2.75, 3.05) is 13.7 Å². The third-order valence-corrected chi connectivity index (χ3v) is 6.82. The highest BCUT2D eigenvalue weighted by Gasteiger charge is 2.24. The first-order valence-electron chi connectivity index (χ1n) is 11.2. The molecule has 3 aromatic rings. The standard InChI is InChI=1S/C26H27N3O4S/c1-17-23(14-28-26(32)19-10-12-34-16-19)22-9-11-29(15-20(22)13-27-17)25(31)8-7-24(30)18-3-5-21(33-2)6-4-18/h3-6,10,12-13,16H,7-9,11,14-15H2,1-2H3,(H,28,32). The maximum Gasteiger partial charge on any atom is 0.252 e. The van der Waals surface area contributed by atoms with Crippen molar-refractivity contribution in [3.05, 3.63) is 80.8 Å². The van der Waals surface area contributed by atoms with Gasteiger partial charge in [0.25, 0.3) is 5.91 Å². The van der Waals surface area contributed by atoms with Gasteiger partial charge in [0.05, 0.1) is 7.11 Å². The van der Waals surface area contributed by atoms with Crippen LogP contribution in [0.3, 0.4) is 0 Å². The fourth-order valence-electron chi connectivity index (χ4n) is 4.13. The summed E-state index contributed by atoms with van der Waals surface area (Å²) >= 11 is 1.49. The lowest BCUT2D eigenvalue weighted by Crippen LogP contribution is -2.37. The molecule has 1 N–H and O–H groups in total. The summed E-state index contributed by atoms with van der Waals surface area (Å²) in [5.41, 5.74) is 5.27. The highest BCUT2D eigenvalue weighted by Crippen LogP contribution is 2.25. The van der Waals surface area contributed by atoms with Gasteiger partial charge in [-0.2, -0.15) is 11.3 Å². The number of amides is 2. The predicted octanol–water partition coefficient (Wildman–Crippen LogP) is 3.94. The van der Waals surface area contributed by atoms with Gasteiger partial charge in [-0.25, -0.2) is 0 Å². The van der Waals surface area contributed by atoms with E-state index in [9.17, 15) is 14.4 Å². The number of aryl methyl sites for hydroxylation is 1. The van der Waals surface area contributed by atoms with Crippen molar-refractivity contribution in [2.45, 2.75) is 39.3 Å². The van der Waals surface area contributed by atoms with Gasteiger partial charge in [0.1, 0.15) is 5.75 Å². The van der Waals surface area contributed by atoms with Gasteiger partial charge in [0.2, 0.25) is 5.91 Å². The summed E-state index contributed by atoms with van der Waals surface area (Å²) in [5.74, 6) is 0.482. The first kappa shape index (κ1) is 23.6. The van der Waals surface area contributed by atoms with E-state index in [1.54, 1.807) is 42.3 Å². The van der Waals surface area contributed by atoms with Crippen LogP contribution in [-0.2, 0) is 24.3 Å². The Kier molecular flexibility index (Phi) is 7.37. The minimum atomic E-state index is -0.104. The number of nitrogens with zero attached hydrogens (tertiary/aromatic N) is 2. The molecular formula is C26H27N3O4S. The predicted molar refractivity (Wildman–Crippen MR) is 130 cm³/mol. The molecule has 176 valence electrons. The molecule has 0 saturated heterocycles. The molecule has 0 radical (unpaired) electrons. The van der Waals surface area contributed by atoms with Gasteiger partial charge in [-0.1, -0.05) is 0 Å². The molecule has 8 heteroatoms. The number of carbonyl (C=O) groups excluding carboxylic acids is 3. The van der Waals surface area contributed by atoms with Crippen LogP contribution in [0.15, 0.2) is 47.3 Å². The van der Waals surface area contributed by atoms with Crippen molar-refractivity contribution in [1.82, 2.24) is 15.2 Å². The monoisotopic (exact) mass is 477 g/mol. The van der Waals surface area contributed by atoms with E-state index in [0.717, 1.165) is 22.4 Å². The van der Waals surface area contributed by atoms with Crippen LogP contribution in [0.25, 0.3) is 0 Å². The quantitative estimate of drug-likeness (QED) is 0.497. The number of benzene rings is 1. The number of aromatic nitrogens is 1. The number of nitrogens with one attached hydrogen (secondary N) is 1. The zero-order valence-electron chi connectivity index (χ0n) is 19.3. The van der Waals surface area contributed by atoms with Gasteiger partial charge in [0, 0.05) is 60.9 Å². The van der Waals surface area contributed by atoms with Gasteiger partial charge < -0.3 is 15.0 Å². The molecule has 3 heterocycles. The van der Waals surface area contributed by atoms with E-state index < -0.39 is 0 Å². The van der Waals surface area contributed by atoms with Crippen molar-refractivity contribution in [2.24, 2.45) is 0 Å². The summed E-state index contributed by atoms with van der Waals surface area (Å²) in [5, 5.41) is 6.68. The number of hydrogen-bond donors (Lipinski definition) is 1. The zero-order valence-corrected chi connectivity index (χ0v) is 20.1.